The topological polar surface area (TPSA) is 65.6 Å². The molecule has 4 heterocycles. The van der Waals surface area contributed by atoms with Gasteiger partial charge < -0.3 is 9.30 Å². The number of benzene rings is 1. The Morgan fingerprint density at radius 2 is 1.94 bits per heavy atom. The molecular formula is C27H25N3O3S2. The molecule has 0 bridgehead atoms. The minimum absolute atomic E-state index is 0.165. The third-order valence-corrected chi connectivity index (χ3v) is 8.19. The summed E-state index contributed by atoms with van der Waals surface area (Å²) in [4.78, 5) is 33.5. The SMILES string of the molecule is CCOC(=O)C1=C(c2ccccc2)N=c2s/c(=C/c3cc(C)n(C)c3C)c(=O)n2[C@H]1c1cccs1. The summed E-state index contributed by atoms with van der Waals surface area (Å²) in [5, 5.41) is 1.95. The highest BCUT2D eigenvalue weighted by molar-refractivity contribution is 7.10. The second kappa shape index (κ2) is 9.28. The quantitative estimate of drug-likeness (QED) is 0.388. The Morgan fingerprint density at radius 3 is 2.57 bits per heavy atom. The van der Waals surface area contributed by atoms with Gasteiger partial charge in [0.15, 0.2) is 4.80 Å². The number of aromatic nitrogens is 2. The van der Waals surface area contributed by atoms with Crippen LogP contribution < -0.4 is 14.9 Å². The number of carbonyl (C=O) groups excluding carboxylic acids is 1. The number of rotatable bonds is 5. The summed E-state index contributed by atoms with van der Waals surface area (Å²) in [6.45, 7) is 6.09. The number of hydrogen-bond acceptors (Lipinski definition) is 6. The molecule has 0 radical (unpaired) electrons. The lowest BCUT2D eigenvalue weighted by molar-refractivity contribution is -0.138. The Kier molecular flexibility index (Phi) is 6.17. The fourth-order valence-electron chi connectivity index (χ4n) is 4.33. The molecule has 4 aromatic rings. The van der Waals surface area contributed by atoms with E-state index >= 15 is 0 Å². The molecule has 1 aliphatic rings. The van der Waals surface area contributed by atoms with Gasteiger partial charge in [-0.05, 0) is 49.9 Å². The van der Waals surface area contributed by atoms with Gasteiger partial charge in [0.05, 0.1) is 22.4 Å². The number of hydrogen-bond donors (Lipinski definition) is 0. The van der Waals surface area contributed by atoms with Crippen LogP contribution in [0.3, 0.4) is 0 Å². The zero-order valence-electron chi connectivity index (χ0n) is 19.9. The van der Waals surface area contributed by atoms with Crippen LogP contribution in [0.15, 0.2) is 69.3 Å². The number of ether oxygens (including phenoxy) is 1. The lowest BCUT2D eigenvalue weighted by Gasteiger charge is -2.24. The minimum Gasteiger partial charge on any atom is -0.463 e. The highest BCUT2D eigenvalue weighted by Gasteiger charge is 2.35. The van der Waals surface area contributed by atoms with Gasteiger partial charge in [0, 0.05) is 28.9 Å². The van der Waals surface area contributed by atoms with Gasteiger partial charge in [-0.2, -0.15) is 0 Å². The Morgan fingerprint density at radius 1 is 1.17 bits per heavy atom. The summed E-state index contributed by atoms with van der Waals surface area (Å²) in [6, 6.07) is 14.9. The Bertz CT molecular complexity index is 1620. The number of thiophene rings is 1. The number of esters is 1. The number of fused-ring (bicyclic) bond motifs is 1. The predicted molar refractivity (Wildman–Crippen MR) is 140 cm³/mol. The molecule has 5 rings (SSSR count). The van der Waals surface area contributed by atoms with Gasteiger partial charge in [-0.25, -0.2) is 9.79 Å². The molecule has 0 saturated carbocycles. The van der Waals surface area contributed by atoms with Crippen LogP contribution in [0.4, 0.5) is 0 Å². The van der Waals surface area contributed by atoms with Crippen molar-refractivity contribution in [3.05, 3.63) is 107 Å². The van der Waals surface area contributed by atoms with E-state index in [9.17, 15) is 9.59 Å². The molecule has 0 unspecified atom stereocenters. The molecule has 1 atom stereocenters. The molecule has 0 saturated heterocycles. The summed E-state index contributed by atoms with van der Waals surface area (Å²) in [7, 11) is 2.01. The van der Waals surface area contributed by atoms with Crippen LogP contribution in [-0.4, -0.2) is 21.7 Å². The fraction of sp³-hybridized carbons (Fsp3) is 0.222. The number of aryl methyl sites for hydroxylation is 1. The molecule has 1 aliphatic heterocycles. The van der Waals surface area contributed by atoms with E-state index in [1.54, 1.807) is 11.5 Å². The lowest BCUT2D eigenvalue weighted by Crippen LogP contribution is -2.39. The van der Waals surface area contributed by atoms with Gasteiger partial charge >= 0.3 is 5.97 Å². The van der Waals surface area contributed by atoms with Crippen molar-refractivity contribution in [2.75, 3.05) is 6.61 Å². The molecular weight excluding hydrogens is 478 g/mol. The van der Waals surface area contributed by atoms with Gasteiger partial charge in [-0.1, -0.05) is 47.7 Å². The zero-order chi connectivity index (χ0) is 24.7. The normalized spacial score (nSPS) is 15.8. The molecule has 178 valence electrons. The molecule has 0 aliphatic carbocycles. The second-order valence-electron chi connectivity index (χ2n) is 8.33. The van der Waals surface area contributed by atoms with Gasteiger partial charge in [0.2, 0.25) is 0 Å². The fourth-order valence-corrected chi connectivity index (χ4v) is 6.14. The van der Waals surface area contributed by atoms with Crippen molar-refractivity contribution < 1.29 is 9.53 Å². The average Bonchev–Trinajstić information content (AvgIpc) is 3.56. The van der Waals surface area contributed by atoms with E-state index in [0.29, 0.717) is 20.6 Å². The maximum Gasteiger partial charge on any atom is 0.338 e. The smallest absolute Gasteiger partial charge is 0.338 e. The largest absolute Gasteiger partial charge is 0.463 e. The number of carbonyl (C=O) groups is 1. The standard InChI is InChI=1S/C27H25N3O3S2/c1-5-33-26(32)22-23(18-10-7-6-8-11-18)28-27-30(24(22)20-12-9-13-34-20)25(31)21(35-27)15-19-14-16(2)29(4)17(19)3/h6-15,24H,5H2,1-4H3/b21-15+/t24-/m0/s1. The molecule has 35 heavy (non-hydrogen) atoms. The van der Waals surface area contributed by atoms with Crippen LogP contribution in [0.25, 0.3) is 11.8 Å². The summed E-state index contributed by atoms with van der Waals surface area (Å²) in [5.41, 5.74) is 4.77. The molecule has 3 aromatic heterocycles. The third kappa shape index (κ3) is 4.02. The number of nitrogens with zero attached hydrogens (tertiary/aromatic N) is 3. The van der Waals surface area contributed by atoms with E-state index in [4.69, 9.17) is 9.73 Å². The van der Waals surface area contributed by atoms with E-state index in [2.05, 4.69) is 10.6 Å². The number of thiazole rings is 1. The third-order valence-electron chi connectivity index (χ3n) is 6.29. The summed E-state index contributed by atoms with van der Waals surface area (Å²) >= 11 is 2.85. The van der Waals surface area contributed by atoms with Crippen LogP contribution in [0.5, 0.6) is 0 Å². The maximum absolute atomic E-state index is 13.8. The van der Waals surface area contributed by atoms with Gasteiger partial charge in [-0.15, -0.1) is 11.3 Å². The van der Waals surface area contributed by atoms with Crippen LogP contribution in [-0.2, 0) is 16.6 Å². The first-order valence-corrected chi connectivity index (χ1v) is 13.0. The maximum atomic E-state index is 13.8. The first-order valence-electron chi connectivity index (χ1n) is 11.4. The van der Waals surface area contributed by atoms with E-state index in [1.165, 1.54) is 22.7 Å². The summed E-state index contributed by atoms with van der Waals surface area (Å²) in [5.74, 6) is -0.461. The van der Waals surface area contributed by atoms with Gasteiger partial charge in [-0.3, -0.25) is 9.36 Å². The molecule has 0 fully saturated rings. The Hall–Kier alpha value is -3.49. The van der Waals surface area contributed by atoms with Crippen LogP contribution in [0, 0.1) is 13.8 Å². The Balaban J connectivity index is 1.82. The van der Waals surface area contributed by atoms with Crippen LogP contribution >= 0.6 is 22.7 Å². The first-order chi connectivity index (χ1) is 16.9. The Labute approximate surface area is 210 Å². The van der Waals surface area contributed by atoms with Crippen molar-refractivity contribution in [1.82, 2.24) is 9.13 Å². The summed E-state index contributed by atoms with van der Waals surface area (Å²) < 4.78 is 9.80. The predicted octanol–water partition coefficient (Wildman–Crippen LogP) is 3.95. The van der Waals surface area contributed by atoms with Crippen molar-refractivity contribution in [2.24, 2.45) is 12.0 Å². The van der Waals surface area contributed by atoms with E-state index in [0.717, 1.165) is 27.4 Å². The van der Waals surface area contributed by atoms with E-state index in [-0.39, 0.29) is 12.2 Å². The zero-order valence-corrected chi connectivity index (χ0v) is 21.6. The van der Waals surface area contributed by atoms with Crippen molar-refractivity contribution in [3.63, 3.8) is 0 Å². The molecule has 0 spiro atoms. The van der Waals surface area contributed by atoms with Gasteiger partial charge in [0.25, 0.3) is 5.56 Å². The second-order valence-corrected chi connectivity index (χ2v) is 10.3. The van der Waals surface area contributed by atoms with Crippen LogP contribution in [0.2, 0.25) is 0 Å². The minimum atomic E-state index is -0.610. The van der Waals surface area contributed by atoms with Crippen molar-refractivity contribution in [1.29, 1.82) is 0 Å². The highest BCUT2D eigenvalue weighted by Crippen LogP contribution is 2.36. The molecule has 1 aromatic carbocycles. The molecule has 6 nitrogen and oxygen atoms in total. The van der Waals surface area contributed by atoms with Crippen molar-refractivity contribution in [3.8, 4) is 0 Å². The lowest BCUT2D eigenvalue weighted by atomic mass is 9.97. The van der Waals surface area contributed by atoms with E-state index < -0.39 is 12.0 Å². The van der Waals surface area contributed by atoms with Gasteiger partial charge in [0.1, 0.15) is 6.04 Å². The van der Waals surface area contributed by atoms with Crippen molar-refractivity contribution in [2.45, 2.75) is 26.8 Å². The monoisotopic (exact) mass is 503 g/mol. The summed E-state index contributed by atoms with van der Waals surface area (Å²) in [6.07, 6.45) is 1.92. The van der Waals surface area contributed by atoms with Crippen molar-refractivity contribution >= 4 is 40.4 Å². The molecule has 0 amide bonds. The molecule has 8 heteroatoms. The highest BCUT2D eigenvalue weighted by atomic mass is 32.1. The average molecular weight is 504 g/mol. The molecule has 0 N–H and O–H groups in total. The van der Waals surface area contributed by atoms with E-state index in [1.807, 2.05) is 74.8 Å². The van der Waals surface area contributed by atoms with Crippen LogP contribution in [0.1, 0.15) is 40.4 Å². The first kappa shape index (κ1) is 23.3.